The molecular formula is C65H81N13O6. The molecule has 0 atom stereocenters. The molecule has 0 aliphatic rings. The van der Waals surface area contributed by atoms with Crippen LogP contribution in [-0.2, 0) is 0 Å². The Morgan fingerprint density at radius 3 is 0.917 bits per heavy atom. The Morgan fingerprint density at radius 1 is 0.310 bits per heavy atom. The Bertz CT molecular complexity index is 3510. The second-order valence-electron chi connectivity index (χ2n) is 22.5. The van der Waals surface area contributed by atoms with Gasteiger partial charge in [-0.1, -0.05) is 12.1 Å². The highest BCUT2D eigenvalue weighted by Gasteiger charge is 2.19. The average molecular weight is 1140 g/mol. The fourth-order valence-corrected chi connectivity index (χ4v) is 9.83. The molecule has 0 bridgehead atoms. The molecule has 19 heteroatoms. The van der Waals surface area contributed by atoms with Crippen LogP contribution in [0.2, 0.25) is 0 Å². The summed E-state index contributed by atoms with van der Waals surface area (Å²) in [6.07, 6.45) is 3.73. The van der Waals surface area contributed by atoms with Gasteiger partial charge in [0, 0.05) is 74.7 Å². The Hall–Kier alpha value is -8.20. The molecule has 0 unspecified atom stereocenters. The number of hydrogen-bond donors (Lipinski definition) is 4. The number of aromatic nitrogens is 8. The maximum absolute atomic E-state index is 6.76. The quantitative estimate of drug-likeness (QED) is 0.0292. The molecule has 10 rings (SSSR count). The minimum absolute atomic E-state index is 0.392. The van der Waals surface area contributed by atoms with Crippen molar-refractivity contribution in [3.8, 4) is 80.0 Å². The Labute approximate surface area is 492 Å². The van der Waals surface area contributed by atoms with Gasteiger partial charge in [0.2, 0.25) is 0 Å². The van der Waals surface area contributed by atoms with E-state index in [2.05, 4.69) is 120 Å². The second-order valence-corrected chi connectivity index (χ2v) is 22.5. The summed E-state index contributed by atoms with van der Waals surface area (Å²) in [5, 5.41) is 0. The third kappa shape index (κ3) is 15.7. The van der Waals surface area contributed by atoms with E-state index in [9.17, 15) is 0 Å². The molecule has 0 amide bonds. The number of imidazole rings is 4. The summed E-state index contributed by atoms with van der Waals surface area (Å²) >= 11 is 0. The lowest BCUT2D eigenvalue weighted by Gasteiger charge is -2.19. The molecule has 4 N–H and O–H groups in total. The Balaban J connectivity index is 0.858. The zero-order valence-corrected chi connectivity index (χ0v) is 50.2. The van der Waals surface area contributed by atoms with Crippen LogP contribution >= 0.6 is 0 Å². The SMILES string of the molecule is CN(C)CCCOc1ccc2nc(-c3ccc(-c4nc5ccc(OCCCN(C)C)cc5[nH]4)c(OCCN(C)CCOc4cc(-c5nc6ccc(OCCCN(C)C)cc6[nH]5)ccc4-c4nc5ccc(OCCCN(C)C)cc5[nH]4)c3)[nH]c2c1. The van der Waals surface area contributed by atoms with Crippen molar-refractivity contribution in [3.05, 3.63) is 109 Å². The summed E-state index contributed by atoms with van der Waals surface area (Å²) in [7, 11) is 18.6. The van der Waals surface area contributed by atoms with E-state index >= 15 is 0 Å². The molecular weight excluding hydrogens is 1060 g/mol. The molecule has 0 fully saturated rings. The maximum Gasteiger partial charge on any atom is 0.142 e. The van der Waals surface area contributed by atoms with E-state index in [4.69, 9.17) is 48.4 Å². The normalized spacial score (nSPS) is 12.0. The fraction of sp³-hybridized carbons (Fsp3) is 0.385. The number of likely N-dealkylation sites (N-methyl/N-ethyl adjacent to an activating group) is 1. The number of nitrogens with one attached hydrogen (secondary N) is 4. The van der Waals surface area contributed by atoms with Crippen LogP contribution in [0.5, 0.6) is 34.5 Å². The first-order chi connectivity index (χ1) is 40.8. The largest absolute Gasteiger partial charge is 0.493 e. The van der Waals surface area contributed by atoms with Gasteiger partial charge in [-0.2, -0.15) is 0 Å². The van der Waals surface area contributed by atoms with Crippen molar-refractivity contribution >= 4 is 44.1 Å². The second kappa shape index (κ2) is 27.9. The van der Waals surface area contributed by atoms with E-state index < -0.39 is 0 Å². The number of fused-ring (bicyclic) bond motifs is 4. The van der Waals surface area contributed by atoms with E-state index in [1.165, 1.54) is 0 Å². The molecule has 10 aromatic rings. The number of aromatic amines is 4. The predicted octanol–water partition coefficient (Wildman–Crippen LogP) is 10.6. The van der Waals surface area contributed by atoms with E-state index in [1.54, 1.807) is 0 Å². The molecule has 84 heavy (non-hydrogen) atoms. The third-order valence-corrected chi connectivity index (χ3v) is 14.4. The first kappa shape index (κ1) is 59.0. The van der Waals surface area contributed by atoms with Gasteiger partial charge in [-0.05, 0) is 162 Å². The molecule has 6 aromatic carbocycles. The van der Waals surface area contributed by atoms with Gasteiger partial charge in [0.15, 0.2) is 0 Å². The van der Waals surface area contributed by atoms with Crippen LogP contribution in [0.4, 0.5) is 0 Å². The van der Waals surface area contributed by atoms with Crippen LogP contribution in [0, 0.1) is 0 Å². The molecule has 4 heterocycles. The van der Waals surface area contributed by atoms with Gasteiger partial charge < -0.3 is 68.0 Å². The topological polar surface area (TPSA) is 186 Å². The summed E-state index contributed by atoms with van der Waals surface area (Å²) in [6, 6.07) is 36.2. The summed E-state index contributed by atoms with van der Waals surface area (Å²) in [4.78, 5) is 45.1. The van der Waals surface area contributed by atoms with Crippen LogP contribution in [-0.4, -0.2) is 207 Å². The minimum atomic E-state index is 0.392. The molecule has 19 nitrogen and oxygen atoms in total. The first-order valence-electron chi connectivity index (χ1n) is 29.1. The monoisotopic (exact) mass is 1140 g/mol. The van der Waals surface area contributed by atoms with Crippen molar-refractivity contribution in [1.82, 2.24) is 64.4 Å². The van der Waals surface area contributed by atoms with Gasteiger partial charge in [-0.3, -0.25) is 4.90 Å². The Morgan fingerprint density at radius 2 is 0.607 bits per heavy atom. The van der Waals surface area contributed by atoms with Gasteiger partial charge in [0.1, 0.15) is 71.0 Å². The van der Waals surface area contributed by atoms with Crippen LogP contribution < -0.4 is 28.4 Å². The summed E-state index contributed by atoms with van der Waals surface area (Å²) in [5.74, 6) is 7.38. The number of ether oxygens (including phenoxy) is 6. The fourth-order valence-electron chi connectivity index (χ4n) is 9.83. The number of benzene rings is 6. The average Bonchev–Trinajstić information content (AvgIpc) is 4.34. The van der Waals surface area contributed by atoms with Gasteiger partial charge in [-0.25, -0.2) is 19.9 Å². The first-order valence-corrected chi connectivity index (χ1v) is 29.1. The van der Waals surface area contributed by atoms with Gasteiger partial charge in [0.05, 0.1) is 81.7 Å². The van der Waals surface area contributed by atoms with Crippen molar-refractivity contribution in [3.63, 3.8) is 0 Å². The molecule has 0 saturated carbocycles. The number of nitrogens with zero attached hydrogens (tertiary/aromatic N) is 9. The van der Waals surface area contributed by atoms with E-state index in [1.807, 2.05) is 97.1 Å². The lowest BCUT2D eigenvalue weighted by atomic mass is 10.1. The molecule has 0 aliphatic heterocycles. The highest BCUT2D eigenvalue weighted by Crippen LogP contribution is 2.37. The van der Waals surface area contributed by atoms with Gasteiger partial charge >= 0.3 is 0 Å². The molecule has 0 spiro atoms. The lowest BCUT2D eigenvalue weighted by molar-refractivity contribution is 0.202. The van der Waals surface area contributed by atoms with E-state index in [0.717, 1.165) is 153 Å². The van der Waals surface area contributed by atoms with Crippen molar-refractivity contribution in [1.29, 1.82) is 0 Å². The molecule has 0 aliphatic carbocycles. The number of rotatable bonds is 32. The summed E-state index contributed by atoms with van der Waals surface area (Å²) in [5.41, 5.74) is 10.3. The number of hydrogen-bond acceptors (Lipinski definition) is 15. The van der Waals surface area contributed by atoms with E-state index in [0.29, 0.717) is 75.9 Å². The van der Waals surface area contributed by atoms with Crippen LogP contribution in [0.1, 0.15) is 25.7 Å². The van der Waals surface area contributed by atoms with Gasteiger partial charge in [0.25, 0.3) is 0 Å². The standard InChI is InChI=1S/C65H81N13O6/c1-74(2)26-10-32-79-46-16-22-52-56(40-46)70-62(66-52)44-14-20-50(64-68-54-24-18-48(42-58(54)72-64)81-34-12-28-76(5)6)60(38-44)83-36-30-78(9)31-37-84-61-39-45(63-67-53-23-17-47(41-57(53)71-63)80-33-11-27-75(3)4)15-21-51(61)65-69-55-25-19-49(43-59(55)73-65)82-35-13-29-77(7)8/h14-25,38-43H,10-13,26-37H2,1-9H3,(H,66,70)(H,67,71)(H,68,72)(H,69,73). The summed E-state index contributed by atoms with van der Waals surface area (Å²) in [6.45, 7) is 8.36. The molecule has 0 saturated heterocycles. The van der Waals surface area contributed by atoms with E-state index in [-0.39, 0.29) is 0 Å². The highest BCUT2D eigenvalue weighted by atomic mass is 16.5. The summed E-state index contributed by atoms with van der Waals surface area (Å²) < 4.78 is 38.0. The minimum Gasteiger partial charge on any atom is -0.493 e. The predicted molar refractivity (Wildman–Crippen MR) is 336 cm³/mol. The van der Waals surface area contributed by atoms with Crippen molar-refractivity contribution in [2.45, 2.75) is 25.7 Å². The zero-order chi connectivity index (χ0) is 58.5. The highest BCUT2D eigenvalue weighted by molar-refractivity contribution is 5.86. The molecule has 0 radical (unpaired) electrons. The smallest absolute Gasteiger partial charge is 0.142 e. The third-order valence-electron chi connectivity index (χ3n) is 14.4. The Kier molecular flexibility index (Phi) is 19.6. The van der Waals surface area contributed by atoms with Crippen LogP contribution in [0.3, 0.4) is 0 Å². The van der Waals surface area contributed by atoms with Crippen molar-refractivity contribution < 1.29 is 28.4 Å². The van der Waals surface area contributed by atoms with Crippen LogP contribution in [0.25, 0.3) is 89.7 Å². The van der Waals surface area contributed by atoms with Gasteiger partial charge in [-0.15, -0.1) is 0 Å². The van der Waals surface area contributed by atoms with Crippen molar-refractivity contribution in [2.75, 3.05) is 142 Å². The maximum atomic E-state index is 6.76. The molecule has 4 aromatic heterocycles. The number of H-pyrrole nitrogens is 4. The van der Waals surface area contributed by atoms with Crippen molar-refractivity contribution in [2.24, 2.45) is 0 Å². The zero-order valence-electron chi connectivity index (χ0n) is 50.2. The lowest BCUT2D eigenvalue weighted by Crippen LogP contribution is -2.28. The van der Waals surface area contributed by atoms with Crippen LogP contribution in [0.15, 0.2) is 109 Å². The molecule has 442 valence electrons.